The molecule has 0 heterocycles. The van der Waals surface area contributed by atoms with Gasteiger partial charge in [0.15, 0.2) is 0 Å². The molecule has 0 aromatic heterocycles. The van der Waals surface area contributed by atoms with Crippen molar-refractivity contribution in [3.8, 4) is 0 Å². The molecule has 6 heteroatoms. The molecule has 0 saturated carbocycles. The van der Waals surface area contributed by atoms with Gasteiger partial charge in [-0.3, -0.25) is 10.1 Å². The summed E-state index contributed by atoms with van der Waals surface area (Å²) >= 11 is 1.33. The molecule has 0 saturated heterocycles. The number of hydrogen-bond acceptors (Lipinski definition) is 4. The monoisotopic (exact) mass is 303 g/mol. The molecule has 0 bridgehead atoms. The smallest absolute Gasteiger partial charge is 0.335 e. The van der Waals surface area contributed by atoms with Crippen molar-refractivity contribution in [2.45, 2.75) is 17.6 Å². The van der Waals surface area contributed by atoms with Crippen molar-refractivity contribution in [2.24, 2.45) is 0 Å². The van der Waals surface area contributed by atoms with Gasteiger partial charge in [0.2, 0.25) is 0 Å². The first kappa shape index (κ1) is 15.1. The van der Waals surface area contributed by atoms with Crippen molar-refractivity contribution >= 4 is 23.4 Å². The van der Waals surface area contributed by atoms with Gasteiger partial charge in [-0.2, -0.15) is 0 Å². The standard InChI is InChI=1S/C15H13NO4S/c1-10-4-2-3-5-12(10)9-21-14-7-6-11(15(17)18)8-13(14)16(19)20/h2-8H,9H2,1H3,(H,17,18). The Hall–Kier alpha value is -2.34. The van der Waals surface area contributed by atoms with E-state index in [4.69, 9.17) is 5.11 Å². The SMILES string of the molecule is Cc1ccccc1CSc1ccc(C(=O)O)cc1[N+](=O)[O-]. The summed E-state index contributed by atoms with van der Waals surface area (Å²) in [6.45, 7) is 1.98. The largest absolute Gasteiger partial charge is 0.478 e. The molecule has 0 aliphatic carbocycles. The zero-order valence-corrected chi connectivity index (χ0v) is 12.1. The Morgan fingerprint density at radius 3 is 2.62 bits per heavy atom. The predicted molar refractivity (Wildman–Crippen MR) is 80.8 cm³/mol. The highest BCUT2D eigenvalue weighted by Gasteiger charge is 2.17. The van der Waals surface area contributed by atoms with Crippen LogP contribution < -0.4 is 0 Å². The molecule has 2 aromatic carbocycles. The van der Waals surface area contributed by atoms with E-state index < -0.39 is 10.9 Å². The van der Waals surface area contributed by atoms with Crippen LogP contribution in [0.4, 0.5) is 5.69 Å². The quantitative estimate of drug-likeness (QED) is 0.515. The van der Waals surface area contributed by atoms with Crippen molar-refractivity contribution in [2.75, 3.05) is 0 Å². The summed E-state index contributed by atoms with van der Waals surface area (Å²) in [5.41, 5.74) is 1.96. The number of thioether (sulfide) groups is 1. The lowest BCUT2D eigenvalue weighted by atomic mass is 10.1. The number of carboxylic acid groups (broad SMARTS) is 1. The van der Waals surface area contributed by atoms with Crippen LogP contribution in [0.5, 0.6) is 0 Å². The number of aryl methyl sites for hydroxylation is 1. The number of benzene rings is 2. The first-order valence-electron chi connectivity index (χ1n) is 6.18. The molecule has 0 aliphatic heterocycles. The third-order valence-electron chi connectivity index (χ3n) is 3.05. The Labute approximate surface area is 125 Å². The van der Waals surface area contributed by atoms with Gasteiger partial charge in [0, 0.05) is 11.8 Å². The third-order valence-corrected chi connectivity index (χ3v) is 4.16. The lowest BCUT2D eigenvalue weighted by Gasteiger charge is -2.06. The molecule has 0 atom stereocenters. The van der Waals surface area contributed by atoms with Crippen LogP contribution in [0.3, 0.4) is 0 Å². The van der Waals surface area contributed by atoms with Gasteiger partial charge in [-0.1, -0.05) is 24.3 Å². The maximum Gasteiger partial charge on any atom is 0.335 e. The molecule has 0 unspecified atom stereocenters. The van der Waals surface area contributed by atoms with E-state index in [2.05, 4.69) is 0 Å². The van der Waals surface area contributed by atoms with Gasteiger partial charge in [0.05, 0.1) is 15.4 Å². The summed E-state index contributed by atoms with van der Waals surface area (Å²) in [5.74, 6) is -0.575. The first-order valence-corrected chi connectivity index (χ1v) is 7.16. The molecule has 5 nitrogen and oxygen atoms in total. The Morgan fingerprint density at radius 2 is 2.00 bits per heavy atom. The second-order valence-electron chi connectivity index (χ2n) is 4.46. The van der Waals surface area contributed by atoms with Crippen LogP contribution in [0, 0.1) is 17.0 Å². The number of rotatable bonds is 5. The minimum atomic E-state index is -1.17. The van der Waals surface area contributed by atoms with Crippen molar-refractivity contribution in [1.29, 1.82) is 0 Å². The highest BCUT2D eigenvalue weighted by molar-refractivity contribution is 7.98. The Balaban J connectivity index is 2.26. The average Bonchev–Trinajstić information content (AvgIpc) is 2.46. The highest BCUT2D eigenvalue weighted by atomic mass is 32.2. The van der Waals surface area contributed by atoms with E-state index >= 15 is 0 Å². The number of hydrogen-bond donors (Lipinski definition) is 1. The fraction of sp³-hybridized carbons (Fsp3) is 0.133. The van der Waals surface area contributed by atoms with Crippen LogP contribution >= 0.6 is 11.8 Å². The summed E-state index contributed by atoms with van der Waals surface area (Å²) < 4.78 is 0. The normalized spacial score (nSPS) is 10.3. The van der Waals surface area contributed by atoms with E-state index in [1.807, 2.05) is 31.2 Å². The van der Waals surface area contributed by atoms with Gasteiger partial charge in [-0.05, 0) is 30.2 Å². The summed E-state index contributed by atoms with van der Waals surface area (Å²) in [6, 6.07) is 11.8. The topological polar surface area (TPSA) is 80.4 Å². The molecule has 0 radical (unpaired) electrons. The van der Waals surface area contributed by atoms with Crippen molar-refractivity contribution in [3.63, 3.8) is 0 Å². The second-order valence-corrected chi connectivity index (χ2v) is 5.48. The van der Waals surface area contributed by atoms with Gasteiger partial charge in [-0.25, -0.2) is 4.79 Å². The van der Waals surface area contributed by atoms with Crippen LogP contribution in [0.15, 0.2) is 47.4 Å². The Bertz CT molecular complexity index is 700. The number of nitro benzene ring substituents is 1. The lowest BCUT2D eigenvalue weighted by molar-refractivity contribution is -0.387. The van der Waals surface area contributed by atoms with E-state index in [0.717, 1.165) is 17.2 Å². The lowest BCUT2D eigenvalue weighted by Crippen LogP contribution is -1.99. The molecule has 2 aromatic rings. The van der Waals surface area contributed by atoms with Gasteiger partial charge >= 0.3 is 5.97 Å². The second kappa shape index (κ2) is 6.41. The van der Waals surface area contributed by atoms with Crippen LogP contribution in [0.25, 0.3) is 0 Å². The van der Waals surface area contributed by atoms with Crippen LogP contribution in [-0.4, -0.2) is 16.0 Å². The molecule has 0 aliphatic rings. The van der Waals surface area contributed by atoms with Crippen LogP contribution in [0.1, 0.15) is 21.5 Å². The summed E-state index contributed by atoms with van der Waals surface area (Å²) in [5, 5.41) is 20.0. The van der Waals surface area contributed by atoms with E-state index in [9.17, 15) is 14.9 Å². The summed E-state index contributed by atoms with van der Waals surface area (Å²) in [4.78, 5) is 21.9. The molecule has 21 heavy (non-hydrogen) atoms. The molecule has 108 valence electrons. The fourth-order valence-electron chi connectivity index (χ4n) is 1.84. The number of aromatic carboxylic acids is 1. The van der Waals surface area contributed by atoms with E-state index in [1.165, 1.54) is 23.9 Å². The van der Waals surface area contributed by atoms with Gasteiger partial charge in [0.25, 0.3) is 5.69 Å². The Kier molecular flexibility index (Phi) is 4.59. The zero-order valence-electron chi connectivity index (χ0n) is 11.3. The molecular formula is C15H13NO4S. The number of carbonyl (C=O) groups is 1. The maximum absolute atomic E-state index is 11.1. The molecule has 0 fully saturated rings. The van der Waals surface area contributed by atoms with Crippen molar-refractivity contribution in [1.82, 2.24) is 0 Å². The summed E-state index contributed by atoms with van der Waals surface area (Å²) in [6.07, 6.45) is 0. The number of nitrogens with zero attached hydrogens (tertiary/aromatic N) is 1. The fourth-order valence-corrected chi connectivity index (χ4v) is 2.92. The molecule has 1 N–H and O–H groups in total. The molecular weight excluding hydrogens is 290 g/mol. The maximum atomic E-state index is 11.1. The van der Waals surface area contributed by atoms with Gasteiger partial charge in [-0.15, -0.1) is 11.8 Å². The van der Waals surface area contributed by atoms with Gasteiger partial charge in [0.1, 0.15) is 0 Å². The van der Waals surface area contributed by atoms with Crippen molar-refractivity contribution < 1.29 is 14.8 Å². The minimum Gasteiger partial charge on any atom is -0.478 e. The average molecular weight is 303 g/mol. The zero-order chi connectivity index (χ0) is 15.4. The number of carboxylic acids is 1. The predicted octanol–water partition coefficient (Wildman–Crippen LogP) is 3.89. The first-order chi connectivity index (χ1) is 9.99. The van der Waals surface area contributed by atoms with Crippen LogP contribution in [0.2, 0.25) is 0 Å². The third kappa shape index (κ3) is 3.61. The van der Waals surface area contributed by atoms with E-state index in [1.54, 1.807) is 0 Å². The van der Waals surface area contributed by atoms with Gasteiger partial charge < -0.3 is 5.11 Å². The van der Waals surface area contributed by atoms with Crippen LogP contribution in [-0.2, 0) is 5.75 Å². The van der Waals surface area contributed by atoms with E-state index in [0.29, 0.717) is 10.6 Å². The number of nitro groups is 1. The summed E-state index contributed by atoms with van der Waals surface area (Å²) in [7, 11) is 0. The molecule has 0 amide bonds. The molecule has 0 spiro atoms. The highest BCUT2D eigenvalue weighted by Crippen LogP contribution is 2.32. The molecule has 2 rings (SSSR count). The van der Waals surface area contributed by atoms with Crippen molar-refractivity contribution in [3.05, 3.63) is 69.3 Å². The van der Waals surface area contributed by atoms with E-state index in [-0.39, 0.29) is 11.3 Å². The Morgan fingerprint density at radius 1 is 1.29 bits per heavy atom. The minimum absolute atomic E-state index is 0.0815.